The zero-order chi connectivity index (χ0) is 15.8. The molecule has 0 fully saturated rings. The molecule has 5 heteroatoms. The summed E-state index contributed by atoms with van der Waals surface area (Å²) in [5, 5.41) is 1.32. The molecule has 0 aliphatic heterocycles. The number of aromatic nitrogens is 3. The van der Waals surface area contributed by atoms with Gasteiger partial charge in [-0.3, -0.25) is 4.79 Å². The smallest absolute Gasteiger partial charge is 0.259 e. The molecule has 2 aromatic heterocycles. The lowest BCUT2D eigenvalue weighted by Gasteiger charge is -2.04. The molecular formula is C18H13N3OS. The summed E-state index contributed by atoms with van der Waals surface area (Å²) in [6, 6.07) is 15.7. The summed E-state index contributed by atoms with van der Waals surface area (Å²) >= 11 is 1.51. The fourth-order valence-electron chi connectivity index (χ4n) is 2.51. The van der Waals surface area contributed by atoms with Gasteiger partial charge in [0.05, 0.1) is 10.9 Å². The van der Waals surface area contributed by atoms with Crippen molar-refractivity contribution in [2.24, 2.45) is 0 Å². The molecule has 112 valence electrons. The highest BCUT2D eigenvalue weighted by molar-refractivity contribution is 7.14. The van der Waals surface area contributed by atoms with Gasteiger partial charge in [0.15, 0.2) is 10.8 Å². The zero-order valence-electron chi connectivity index (χ0n) is 12.4. The van der Waals surface area contributed by atoms with Crippen molar-refractivity contribution in [3.63, 3.8) is 0 Å². The molecule has 0 unspecified atom stereocenters. The summed E-state index contributed by atoms with van der Waals surface area (Å²) in [5.74, 6) is 0.521. The van der Waals surface area contributed by atoms with Crippen LogP contribution >= 0.6 is 11.3 Å². The van der Waals surface area contributed by atoms with E-state index >= 15 is 0 Å². The van der Waals surface area contributed by atoms with Crippen LogP contribution in [0.4, 0.5) is 0 Å². The molecule has 1 N–H and O–H groups in total. The fourth-order valence-corrected chi connectivity index (χ4v) is 3.22. The molecule has 0 aliphatic carbocycles. The van der Waals surface area contributed by atoms with Gasteiger partial charge in [-0.1, -0.05) is 36.4 Å². The number of nitrogens with one attached hydrogen (secondary N) is 1. The van der Waals surface area contributed by atoms with Crippen molar-refractivity contribution >= 4 is 22.2 Å². The SMILES string of the molecule is Cc1cnc(-c2nc3ccc(-c4ccccc4)cc3c(=O)[nH]2)s1. The van der Waals surface area contributed by atoms with Gasteiger partial charge >= 0.3 is 0 Å². The monoisotopic (exact) mass is 319 g/mol. The fraction of sp³-hybridized carbons (Fsp3) is 0.0556. The second-order valence-corrected chi connectivity index (χ2v) is 6.52. The lowest BCUT2D eigenvalue weighted by atomic mass is 10.0. The Hall–Kier alpha value is -2.79. The minimum Gasteiger partial charge on any atom is -0.304 e. The first-order valence-corrected chi connectivity index (χ1v) is 8.05. The Morgan fingerprint density at radius 1 is 1.04 bits per heavy atom. The lowest BCUT2D eigenvalue weighted by molar-refractivity contribution is 1.16. The van der Waals surface area contributed by atoms with Crippen molar-refractivity contribution in [1.29, 1.82) is 0 Å². The molecule has 23 heavy (non-hydrogen) atoms. The van der Waals surface area contributed by atoms with E-state index in [1.165, 1.54) is 11.3 Å². The Balaban J connectivity index is 1.88. The normalized spacial score (nSPS) is 11.0. The first-order valence-electron chi connectivity index (χ1n) is 7.23. The van der Waals surface area contributed by atoms with Gasteiger partial charge in [0.2, 0.25) is 0 Å². The highest BCUT2D eigenvalue weighted by Crippen LogP contribution is 2.24. The number of hydrogen-bond donors (Lipinski definition) is 1. The Bertz CT molecular complexity index is 1050. The van der Waals surface area contributed by atoms with Crippen LogP contribution in [0.15, 0.2) is 59.5 Å². The van der Waals surface area contributed by atoms with Crippen LogP contribution in [0.2, 0.25) is 0 Å². The molecule has 0 aliphatic rings. The maximum Gasteiger partial charge on any atom is 0.259 e. The summed E-state index contributed by atoms with van der Waals surface area (Å²) in [4.78, 5) is 25.2. The van der Waals surface area contributed by atoms with E-state index in [1.54, 1.807) is 6.20 Å². The third-order valence-electron chi connectivity index (χ3n) is 3.64. The Labute approximate surface area is 136 Å². The van der Waals surface area contributed by atoms with Crippen LogP contribution in [0.25, 0.3) is 32.9 Å². The Morgan fingerprint density at radius 3 is 2.61 bits per heavy atom. The summed E-state index contributed by atoms with van der Waals surface area (Å²) in [7, 11) is 0. The van der Waals surface area contributed by atoms with Crippen molar-refractivity contribution in [2.75, 3.05) is 0 Å². The van der Waals surface area contributed by atoms with Gasteiger partial charge < -0.3 is 4.98 Å². The third kappa shape index (κ3) is 2.55. The standard InChI is InChI=1S/C18H13N3OS/c1-11-10-19-18(23-11)16-20-15-8-7-13(9-14(15)17(22)21-16)12-5-3-2-4-6-12/h2-10H,1H3,(H,20,21,22). The van der Waals surface area contributed by atoms with Crippen LogP contribution in [0.3, 0.4) is 0 Å². The lowest BCUT2D eigenvalue weighted by Crippen LogP contribution is -2.09. The van der Waals surface area contributed by atoms with Gasteiger partial charge in [0, 0.05) is 11.1 Å². The molecule has 4 nitrogen and oxygen atoms in total. The van der Waals surface area contributed by atoms with Gasteiger partial charge in [-0.25, -0.2) is 9.97 Å². The van der Waals surface area contributed by atoms with Crippen molar-refractivity contribution < 1.29 is 0 Å². The molecular weight excluding hydrogens is 306 g/mol. The van der Waals surface area contributed by atoms with Crippen molar-refractivity contribution in [2.45, 2.75) is 6.92 Å². The molecule has 2 heterocycles. The number of aryl methyl sites for hydroxylation is 1. The number of benzene rings is 2. The van der Waals surface area contributed by atoms with Crippen LogP contribution in [-0.4, -0.2) is 15.0 Å². The first kappa shape index (κ1) is 13.8. The molecule has 0 atom stereocenters. The Morgan fingerprint density at radius 2 is 1.87 bits per heavy atom. The van der Waals surface area contributed by atoms with E-state index in [-0.39, 0.29) is 5.56 Å². The summed E-state index contributed by atoms with van der Waals surface area (Å²) < 4.78 is 0. The number of fused-ring (bicyclic) bond motifs is 1. The van der Waals surface area contributed by atoms with Crippen LogP contribution in [0.1, 0.15) is 4.88 Å². The molecule has 0 bridgehead atoms. The van der Waals surface area contributed by atoms with E-state index in [0.29, 0.717) is 16.7 Å². The van der Waals surface area contributed by atoms with Crippen molar-refractivity contribution in [3.8, 4) is 22.0 Å². The van der Waals surface area contributed by atoms with Crippen LogP contribution in [0, 0.1) is 6.92 Å². The summed E-state index contributed by atoms with van der Waals surface area (Å²) in [6.07, 6.45) is 1.78. The second-order valence-electron chi connectivity index (χ2n) is 5.29. The quantitative estimate of drug-likeness (QED) is 0.607. The molecule has 0 saturated heterocycles. The number of nitrogens with zero attached hydrogens (tertiary/aromatic N) is 2. The molecule has 4 aromatic rings. The molecule has 0 saturated carbocycles. The van der Waals surface area contributed by atoms with E-state index in [2.05, 4.69) is 15.0 Å². The highest BCUT2D eigenvalue weighted by atomic mass is 32.1. The van der Waals surface area contributed by atoms with E-state index in [0.717, 1.165) is 21.0 Å². The van der Waals surface area contributed by atoms with Gasteiger partial charge in [-0.15, -0.1) is 11.3 Å². The van der Waals surface area contributed by atoms with E-state index in [9.17, 15) is 4.79 Å². The molecule has 4 rings (SSSR count). The first-order chi connectivity index (χ1) is 11.2. The number of thiazole rings is 1. The summed E-state index contributed by atoms with van der Waals surface area (Å²) in [5.41, 5.74) is 2.61. The predicted molar refractivity (Wildman–Crippen MR) is 93.6 cm³/mol. The van der Waals surface area contributed by atoms with E-state index in [4.69, 9.17) is 0 Å². The average molecular weight is 319 g/mol. The predicted octanol–water partition coefficient (Wildman–Crippen LogP) is 4.02. The van der Waals surface area contributed by atoms with Gasteiger partial charge in [-0.05, 0) is 30.2 Å². The maximum absolute atomic E-state index is 12.4. The Kier molecular flexibility index (Phi) is 3.28. The number of aromatic amines is 1. The summed E-state index contributed by atoms with van der Waals surface area (Å²) in [6.45, 7) is 1.98. The molecule has 0 radical (unpaired) electrons. The van der Waals surface area contributed by atoms with Gasteiger partial charge in [0.25, 0.3) is 5.56 Å². The molecule has 0 amide bonds. The second kappa shape index (κ2) is 5.44. The topological polar surface area (TPSA) is 58.6 Å². The van der Waals surface area contributed by atoms with Gasteiger partial charge in [-0.2, -0.15) is 0 Å². The van der Waals surface area contributed by atoms with Crippen LogP contribution in [0.5, 0.6) is 0 Å². The van der Waals surface area contributed by atoms with Crippen molar-refractivity contribution in [3.05, 3.63) is 70.0 Å². The van der Waals surface area contributed by atoms with Crippen LogP contribution < -0.4 is 5.56 Å². The minimum absolute atomic E-state index is 0.143. The van der Waals surface area contributed by atoms with E-state index < -0.39 is 0 Å². The highest BCUT2D eigenvalue weighted by Gasteiger charge is 2.10. The number of rotatable bonds is 2. The average Bonchev–Trinajstić information content (AvgIpc) is 3.02. The zero-order valence-corrected chi connectivity index (χ0v) is 13.2. The maximum atomic E-state index is 12.4. The van der Waals surface area contributed by atoms with Gasteiger partial charge in [0.1, 0.15) is 0 Å². The molecule has 0 spiro atoms. The molecule has 2 aromatic carbocycles. The minimum atomic E-state index is -0.143. The number of H-pyrrole nitrogens is 1. The van der Waals surface area contributed by atoms with Crippen LogP contribution in [-0.2, 0) is 0 Å². The van der Waals surface area contributed by atoms with Crippen molar-refractivity contribution in [1.82, 2.24) is 15.0 Å². The third-order valence-corrected chi connectivity index (χ3v) is 4.56. The van der Waals surface area contributed by atoms with E-state index in [1.807, 2.05) is 55.5 Å². The largest absolute Gasteiger partial charge is 0.304 e. The number of hydrogen-bond acceptors (Lipinski definition) is 4.